The van der Waals surface area contributed by atoms with Gasteiger partial charge >= 0.3 is 0 Å². The van der Waals surface area contributed by atoms with Crippen LogP contribution in [0.4, 0.5) is 5.82 Å². The van der Waals surface area contributed by atoms with Crippen molar-refractivity contribution in [2.24, 2.45) is 11.8 Å². The molecule has 25 heavy (non-hydrogen) atoms. The van der Waals surface area contributed by atoms with Gasteiger partial charge in [-0.3, -0.25) is 4.79 Å². The molecule has 1 aromatic heterocycles. The summed E-state index contributed by atoms with van der Waals surface area (Å²) in [6.07, 6.45) is 4.49. The number of aromatic nitrogens is 2. The third-order valence-electron chi connectivity index (χ3n) is 5.71. The summed E-state index contributed by atoms with van der Waals surface area (Å²) in [6, 6.07) is 0. The molecule has 0 bridgehead atoms. The van der Waals surface area contributed by atoms with Crippen molar-refractivity contribution in [3.05, 3.63) is 18.1 Å². The molecule has 0 aliphatic carbocycles. The maximum Gasteiger partial charge on any atom is 0.248 e. The van der Waals surface area contributed by atoms with Gasteiger partial charge in [0.15, 0.2) is 0 Å². The van der Waals surface area contributed by atoms with Gasteiger partial charge in [0.2, 0.25) is 5.91 Å². The molecule has 4 heterocycles. The van der Waals surface area contributed by atoms with Crippen molar-refractivity contribution in [1.29, 1.82) is 0 Å². The van der Waals surface area contributed by atoms with Crippen molar-refractivity contribution < 1.29 is 9.53 Å². The quantitative estimate of drug-likeness (QED) is 0.787. The number of fused-ring (bicyclic) bond motifs is 1. The predicted molar refractivity (Wildman–Crippen MR) is 94.4 cm³/mol. The summed E-state index contributed by atoms with van der Waals surface area (Å²) in [5.74, 6) is 2.64. The highest BCUT2D eigenvalue weighted by molar-refractivity contribution is 5.77. The molecule has 136 valence electrons. The van der Waals surface area contributed by atoms with Gasteiger partial charge in [0, 0.05) is 64.2 Å². The van der Waals surface area contributed by atoms with Crippen LogP contribution in [0, 0.1) is 18.8 Å². The van der Waals surface area contributed by atoms with Crippen LogP contribution in [-0.2, 0) is 9.53 Å². The number of hydrogen-bond acceptors (Lipinski definition) is 6. The van der Waals surface area contributed by atoms with Gasteiger partial charge in [-0.1, -0.05) is 0 Å². The van der Waals surface area contributed by atoms with Crippen LogP contribution in [0.5, 0.6) is 0 Å². The van der Waals surface area contributed by atoms with E-state index in [-0.39, 0.29) is 12.5 Å². The monoisotopic (exact) mass is 345 g/mol. The Kier molecular flexibility index (Phi) is 4.85. The lowest BCUT2D eigenvalue weighted by Crippen LogP contribution is -2.40. The zero-order valence-corrected chi connectivity index (χ0v) is 14.9. The molecule has 1 aromatic rings. The van der Waals surface area contributed by atoms with E-state index in [0.29, 0.717) is 18.4 Å². The highest BCUT2D eigenvalue weighted by atomic mass is 16.5. The molecule has 3 aliphatic rings. The Balaban J connectivity index is 1.28. The van der Waals surface area contributed by atoms with E-state index in [1.807, 2.05) is 11.1 Å². The molecule has 3 fully saturated rings. The highest BCUT2D eigenvalue weighted by Gasteiger charge is 2.40. The Bertz CT molecular complexity index is 611. The fraction of sp³-hybridized carbons (Fsp3) is 0.722. The van der Waals surface area contributed by atoms with Crippen LogP contribution in [0.15, 0.2) is 12.5 Å². The number of likely N-dealkylation sites (tertiary alicyclic amines) is 1. The first-order valence-electron chi connectivity index (χ1n) is 9.30. The molecule has 2 atom stereocenters. The fourth-order valence-corrected chi connectivity index (χ4v) is 4.40. The Morgan fingerprint density at radius 3 is 2.76 bits per heavy atom. The Hall–Kier alpha value is -1.73. The van der Waals surface area contributed by atoms with Crippen molar-refractivity contribution in [3.8, 4) is 0 Å². The molecule has 0 saturated carbocycles. The molecule has 0 N–H and O–H groups in total. The summed E-state index contributed by atoms with van der Waals surface area (Å²) in [7, 11) is 0. The second kappa shape index (κ2) is 7.25. The molecule has 7 nitrogen and oxygen atoms in total. The number of nitrogens with zero attached hydrogens (tertiary/aromatic N) is 5. The van der Waals surface area contributed by atoms with Gasteiger partial charge in [0.25, 0.3) is 0 Å². The molecule has 3 saturated heterocycles. The van der Waals surface area contributed by atoms with E-state index in [1.165, 1.54) is 0 Å². The number of anilines is 1. The van der Waals surface area contributed by atoms with E-state index >= 15 is 0 Å². The molecular formula is C18H27N5O2. The second-order valence-electron chi connectivity index (χ2n) is 7.50. The van der Waals surface area contributed by atoms with Crippen molar-refractivity contribution in [3.63, 3.8) is 0 Å². The molecule has 0 radical (unpaired) electrons. The normalized spacial score (nSPS) is 27.6. The van der Waals surface area contributed by atoms with E-state index < -0.39 is 0 Å². The maximum absolute atomic E-state index is 12.0. The summed E-state index contributed by atoms with van der Waals surface area (Å²) < 4.78 is 5.31. The first-order valence-corrected chi connectivity index (χ1v) is 9.30. The first kappa shape index (κ1) is 16.7. The number of ether oxygens (including phenoxy) is 1. The van der Waals surface area contributed by atoms with Crippen LogP contribution in [0.2, 0.25) is 0 Å². The van der Waals surface area contributed by atoms with Crippen LogP contribution in [-0.4, -0.2) is 84.7 Å². The van der Waals surface area contributed by atoms with Crippen molar-refractivity contribution in [2.45, 2.75) is 13.3 Å². The van der Waals surface area contributed by atoms with Gasteiger partial charge < -0.3 is 19.4 Å². The Morgan fingerprint density at radius 2 is 2.00 bits per heavy atom. The lowest BCUT2D eigenvalue weighted by Gasteiger charge is -2.26. The van der Waals surface area contributed by atoms with E-state index in [1.54, 1.807) is 6.33 Å². The number of carbonyl (C=O) groups excluding carboxylic acids is 1. The molecular weight excluding hydrogens is 318 g/mol. The Labute approximate surface area is 149 Å². The second-order valence-corrected chi connectivity index (χ2v) is 7.50. The van der Waals surface area contributed by atoms with Crippen molar-refractivity contribution in [1.82, 2.24) is 19.8 Å². The minimum absolute atomic E-state index is 0.141. The summed E-state index contributed by atoms with van der Waals surface area (Å²) in [5, 5.41) is 0. The van der Waals surface area contributed by atoms with Gasteiger partial charge in [0.05, 0.1) is 0 Å². The number of hydrogen-bond donors (Lipinski definition) is 0. The average molecular weight is 345 g/mol. The largest absolute Gasteiger partial charge is 0.372 e. The van der Waals surface area contributed by atoms with Gasteiger partial charge in [-0.25, -0.2) is 9.97 Å². The van der Waals surface area contributed by atoms with Gasteiger partial charge in [-0.2, -0.15) is 0 Å². The zero-order valence-electron chi connectivity index (χ0n) is 14.9. The van der Waals surface area contributed by atoms with Gasteiger partial charge in [-0.15, -0.1) is 0 Å². The smallest absolute Gasteiger partial charge is 0.248 e. The lowest BCUT2D eigenvalue weighted by molar-refractivity contribution is -0.134. The number of amides is 1. The van der Waals surface area contributed by atoms with E-state index in [2.05, 4.69) is 26.7 Å². The molecule has 0 aromatic carbocycles. The minimum Gasteiger partial charge on any atom is -0.372 e. The van der Waals surface area contributed by atoms with Crippen LogP contribution in [0.3, 0.4) is 0 Å². The maximum atomic E-state index is 12.0. The van der Waals surface area contributed by atoms with Gasteiger partial charge in [-0.05, 0) is 25.2 Å². The summed E-state index contributed by atoms with van der Waals surface area (Å²) in [5.41, 5.74) is 1.15. The molecule has 2 unspecified atom stereocenters. The third-order valence-corrected chi connectivity index (χ3v) is 5.71. The fourth-order valence-electron chi connectivity index (χ4n) is 4.40. The predicted octanol–water partition coefficient (Wildman–Crippen LogP) is 0.402. The summed E-state index contributed by atoms with van der Waals surface area (Å²) in [4.78, 5) is 27.5. The van der Waals surface area contributed by atoms with E-state index in [4.69, 9.17) is 4.74 Å². The standard InChI is InChI=1S/C18H27N5O2/c1-14-7-19-13-20-18(14)23-10-15-8-21(9-16(15)11-23)4-5-22-3-2-6-25-12-17(22)24/h7,13,15-16H,2-6,8-12H2,1H3. The van der Waals surface area contributed by atoms with E-state index in [9.17, 15) is 4.79 Å². The van der Waals surface area contributed by atoms with Crippen molar-refractivity contribution in [2.75, 3.05) is 63.9 Å². The molecule has 0 spiro atoms. The summed E-state index contributed by atoms with van der Waals surface area (Å²) in [6.45, 7) is 10.1. The zero-order chi connectivity index (χ0) is 17.2. The van der Waals surface area contributed by atoms with E-state index in [0.717, 1.165) is 63.6 Å². The summed E-state index contributed by atoms with van der Waals surface area (Å²) >= 11 is 0. The molecule has 3 aliphatic heterocycles. The SMILES string of the molecule is Cc1cncnc1N1CC2CN(CCN3CCCOCC3=O)CC2C1. The average Bonchev–Trinajstić information content (AvgIpc) is 3.08. The minimum atomic E-state index is 0.141. The molecule has 7 heteroatoms. The van der Waals surface area contributed by atoms with Crippen LogP contribution in [0.25, 0.3) is 0 Å². The van der Waals surface area contributed by atoms with Crippen LogP contribution in [0.1, 0.15) is 12.0 Å². The third kappa shape index (κ3) is 3.62. The molecule has 4 rings (SSSR count). The van der Waals surface area contributed by atoms with Crippen LogP contribution < -0.4 is 4.90 Å². The highest BCUT2D eigenvalue weighted by Crippen LogP contribution is 2.33. The topological polar surface area (TPSA) is 61.8 Å². The molecule has 1 amide bonds. The van der Waals surface area contributed by atoms with Crippen molar-refractivity contribution >= 4 is 11.7 Å². The van der Waals surface area contributed by atoms with Crippen LogP contribution >= 0.6 is 0 Å². The first-order chi connectivity index (χ1) is 12.2. The number of rotatable bonds is 4. The lowest BCUT2D eigenvalue weighted by atomic mass is 10.0. The number of carbonyl (C=O) groups is 1. The van der Waals surface area contributed by atoms with Gasteiger partial charge in [0.1, 0.15) is 18.8 Å². The Morgan fingerprint density at radius 1 is 1.20 bits per heavy atom. The number of aryl methyl sites for hydroxylation is 1.